The van der Waals surface area contributed by atoms with Gasteiger partial charge in [0.1, 0.15) is 16.5 Å². The van der Waals surface area contributed by atoms with Crippen LogP contribution in [0.15, 0.2) is 30.3 Å². The Hall–Kier alpha value is -0.279. The maximum absolute atomic E-state index is 17.7. The number of nitrogens with zero attached hydrogens (tertiary/aromatic N) is 2. The fourth-order valence-corrected chi connectivity index (χ4v) is 28.6. The minimum absolute atomic E-state index is 0.0458. The number of hydrogen-bond donors (Lipinski definition) is 0. The maximum Gasteiger partial charge on any atom is 0.446 e. The molecule has 1 aliphatic heterocycles. The van der Waals surface area contributed by atoms with E-state index in [4.69, 9.17) is 0 Å². The van der Waals surface area contributed by atoms with E-state index in [-0.39, 0.29) is 20.2 Å². The zero-order valence-corrected chi connectivity index (χ0v) is 25.2. The summed E-state index contributed by atoms with van der Waals surface area (Å²) in [6.07, 6.45) is 0. The lowest BCUT2D eigenvalue weighted by Gasteiger charge is -2.55. The van der Waals surface area contributed by atoms with Gasteiger partial charge >= 0.3 is 8.73 Å². The van der Waals surface area contributed by atoms with Gasteiger partial charge in [-0.15, -0.1) is 0 Å². The average molecular weight is 467 g/mol. The molecule has 0 saturated carbocycles. The molecule has 2 nitrogen and oxygen atoms in total. The largest absolute Gasteiger partial charge is 0.446 e. The second-order valence-corrected chi connectivity index (χ2v) is 28.4. The molecule has 0 spiro atoms. The van der Waals surface area contributed by atoms with Crippen LogP contribution in [0.4, 0.5) is 4.11 Å². The number of benzene rings is 1. The molecule has 0 aliphatic carbocycles. The van der Waals surface area contributed by atoms with Gasteiger partial charge in [-0.3, -0.25) is 4.11 Å². The lowest BCUT2D eigenvalue weighted by Crippen LogP contribution is -2.63. The van der Waals surface area contributed by atoms with Gasteiger partial charge in [0.05, 0.1) is 0 Å². The van der Waals surface area contributed by atoms with Gasteiger partial charge in [0.25, 0.3) is 0 Å². The van der Waals surface area contributed by atoms with Gasteiger partial charge in [0.15, 0.2) is 0 Å². The van der Waals surface area contributed by atoms with E-state index in [0.29, 0.717) is 0 Å². The molecule has 2 unspecified atom stereocenters. The third-order valence-electron chi connectivity index (χ3n) is 8.55. The maximum atomic E-state index is 17.7. The Bertz CT molecular complexity index is 695. The van der Waals surface area contributed by atoms with Gasteiger partial charge in [0, 0.05) is 5.19 Å². The van der Waals surface area contributed by atoms with Crippen LogP contribution in [0.5, 0.6) is 0 Å². The number of rotatable bonds is 3. The molecule has 0 N–H and O–H groups in total. The zero-order valence-electron chi connectivity index (χ0n) is 22.2. The van der Waals surface area contributed by atoms with Crippen molar-refractivity contribution in [2.75, 3.05) is 0 Å². The highest BCUT2D eigenvalue weighted by Crippen LogP contribution is 2.65. The minimum atomic E-state index is -3.46. The van der Waals surface area contributed by atoms with E-state index in [9.17, 15) is 0 Å². The summed E-state index contributed by atoms with van der Waals surface area (Å²) in [5.74, 6) is 0. The predicted molar refractivity (Wildman–Crippen MR) is 139 cm³/mol. The molecule has 172 valence electrons. The molecule has 30 heavy (non-hydrogen) atoms. The van der Waals surface area contributed by atoms with E-state index in [0.717, 1.165) is 5.19 Å². The highest BCUT2D eigenvalue weighted by Gasteiger charge is 2.83. The molecule has 2 atom stereocenters. The Morgan fingerprint density at radius 1 is 0.600 bits per heavy atom. The highest BCUT2D eigenvalue weighted by molar-refractivity contribution is 7.10. The fourth-order valence-electron chi connectivity index (χ4n) is 5.61. The Kier molecular flexibility index (Phi) is 6.16. The summed E-state index contributed by atoms with van der Waals surface area (Å²) >= 11 is 0. The molecule has 0 aromatic heterocycles. The van der Waals surface area contributed by atoms with Crippen LogP contribution in [-0.2, 0) is 0 Å². The molecule has 1 saturated heterocycles. The molecule has 0 radical (unpaired) electrons. The van der Waals surface area contributed by atoms with Crippen LogP contribution in [-0.4, -0.2) is 33.9 Å². The van der Waals surface area contributed by atoms with E-state index >= 15 is 4.11 Å². The molecular weight excluding hydrogens is 420 g/mol. The predicted octanol–water partition coefficient (Wildman–Crippen LogP) is 7.69. The topological polar surface area (TPSA) is 6.02 Å². The van der Waals surface area contributed by atoms with Gasteiger partial charge in [-0.25, -0.2) is 8.68 Å². The fraction of sp³-hybridized carbons (Fsp3) is 0.750. The van der Waals surface area contributed by atoms with Crippen LogP contribution in [0.1, 0.15) is 83.1 Å². The van der Waals surface area contributed by atoms with Gasteiger partial charge < -0.3 is 0 Å². The molecule has 1 aromatic carbocycles. The monoisotopic (exact) mass is 466 g/mol. The normalized spacial score (nSPS) is 26.6. The zero-order chi connectivity index (χ0) is 23.8. The first-order valence-electron chi connectivity index (χ1n) is 11.4. The average Bonchev–Trinajstić information content (AvgIpc) is 3.17. The molecule has 6 heteroatoms. The molecule has 1 aliphatic rings. The molecule has 1 aromatic rings. The van der Waals surface area contributed by atoms with E-state index < -0.39 is 25.2 Å². The van der Waals surface area contributed by atoms with Crippen LogP contribution in [0.3, 0.4) is 0 Å². The van der Waals surface area contributed by atoms with Crippen LogP contribution < -0.4 is 5.19 Å². The highest BCUT2D eigenvalue weighted by atomic mass is 28.5. The molecule has 0 bridgehead atoms. The lowest BCUT2D eigenvalue weighted by molar-refractivity contribution is 0.430. The van der Waals surface area contributed by atoms with Crippen molar-refractivity contribution >= 4 is 30.4 Å². The van der Waals surface area contributed by atoms with Crippen molar-refractivity contribution in [3.63, 3.8) is 0 Å². The second-order valence-electron chi connectivity index (χ2n) is 13.7. The van der Waals surface area contributed by atoms with Gasteiger partial charge in [-0.05, 0) is 20.2 Å². The Morgan fingerprint density at radius 3 is 1.10 bits per heavy atom. The van der Waals surface area contributed by atoms with Gasteiger partial charge in [-0.2, -0.15) is 0 Å². The summed E-state index contributed by atoms with van der Waals surface area (Å²) < 4.78 is 22.6. The summed E-state index contributed by atoms with van der Waals surface area (Å²) in [5.41, 5.74) is 0. The Morgan fingerprint density at radius 2 is 0.867 bits per heavy atom. The third kappa shape index (κ3) is 3.45. The van der Waals surface area contributed by atoms with E-state index in [2.05, 4.69) is 105 Å². The van der Waals surface area contributed by atoms with Crippen molar-refractivity contribution in [3.05, 3.63) is 30.3 Å². The number of halogens is 1. The number of hydrazine groups is 1. The molecule has 2 rings (SSSR count). The summed E-state index contributed by atoms with van der Waals surface area (Å²) in [6, 6.07) is 10.1. The third-order valence-corrected chi connectivity index (χ3v) is 29.8. The van der Waals surface area contributed by atoms with Crippen molar-refractivity contribution in [1.82, 2.24) is 8.68 Å². The Balaban J connectivity index is 2.90. The minimum Gasteiger partial charge on any atom is -0.264 e. The molecule has 1 heterocycles. The Labute approximate surface area is 189 Å². The lowest BCUT2D eigenvalue weighted by atomic mass is 10.2. The first-order valence-corrected chi connectivity index (χ1v) is 18.1. The van der Waals surface area contributed by atoms with Crippen LogP contribution in [0, 0.1) is 0 Å². The smallest absolute Gasteiger partial charge is 0.264 e. The quantitative estimate of drug-likeness (QED) is 0.256. The number of hydrogen-bond acceptors (Lipinski definition) is 2. The standard InChI is InChI=1S/C24H47FN2Si3/c1-21(2,3)28(13,22(4,5)6)26-27(29(14,23(7,8)9)24(10,11)12)30(26,25)20-18-16-15-17-19-20/h15-19H,1-14H3. The van der Waals surface area contributed by atoms with Crippen LogP contribution in [0.25, 0.3) is 0 Å². The van der Waals surface area contributed by atoms with Crippen LogP contribution >= 0.6 is 0 Å². The second kappa shape index (κ2) is 7.11. The molecular formula is C24H47FN2Si3. The van der Waals surface area contributed by atoms with Gasteiger partial charge in [-0.1, -0.05) is 127 Å². The van der Waals surface area contributed by atoms with Crippen LogP contribution in [0.2, 0.25) is 33.2 Å². The summed E-state index contributed by atoms with van der Waals surface area (Å²) in [7, 11) is -8.04. The SMILES string of the molecule is CC(C)(C)[Si](C)(N1N([Si](C)(C(C)(C)C)C(C)(C)C)[Si]1(F)c1ccccc1)C(C)(C)C. The molecule has 1 fully saturated rings. The molecule has 0 amide bonds. The van der Waals surface area contributed by atoms with E-state index in [1.54, 1.807) is 0 Å². The van der Waals surface area contributed by atoms with E-state index in [1.807, 2.05) is 30.3 Å². The van der Waals surface area contributed by atoms with Crippen molar-refractivity contribution in [2.45, 2.75) is 116 Å². The van der Waals surface area contributed by atoms with Crippen molar-refractivity contribution < 1.29 is 4.11 Å². The first kappa shape index (κ1) is 26.0. The van der Waals surface area contributed by atoms with Crippen molar-refractivity contribution in [3.8, 4) is 0 Å². The summed E-state index contributed by atoms with van der Waals surface area (Å²) in [5, 5.41) is 1.10. The van der Waals surface area contributed by atoms with Crippen molar-refractivity contribution in [1.29, 1.82) is 0 Å². The van der Waals surface area contributed by atoms with E-state index in [1.165, 1.54) is 0 Å². The van der Waals surface area contributed by atoms with Gasteiger partial charge in [0.2, 0.25) is 0 Å². The van der Waals surface area contributed by atoms with Crippen molar-refractivity contribution in [2.24, 2.45) is 0 Å². The summed E-state index contributed by atoms with van der Waals surface area (Å²) in [6.45, 7) is 33.0. The summed E-state index contributed by atoms with van der Waals surface area (Å²) in [4.78, 5) is 0. The first-order chi connectivity index (χ1) is 13.1.